The number of rotatable bonds is 4. The minimum absolute atomic E-state index is 0.173. The normalized spacial score (nSPS) is 48.3. The van der Waals surface area contributed by atoms with E-state index in [1.807, 2.05) is 0 Å². The summed E-state index contributed by atoms with van der Waals surface area (Å²) in [5.74, 6) is 0.511. The van der Waals surface area contributed by atoms with Gasteiger partial charge in [0.1, 0.15) is 23.7 Å². The fraction of sp³-hybridized carbons (Fsp3) is 1.00. The predicted molar refractivity (Wildman–Crippen MR) is 81.4 cm³/mol. The zero-order chi connectivity index (χ0) is 15.6. The first-order valence-corrected chi connectivity index (χ1v) is 8.62. The number of thioether (sulfide) groups is 1. The molecule has 9 heteroatoms. The van der Waals surface area contributed by atoms with Crippen molar-refractivity contribution in [3.05, 3.63) is 0 Å². The third-order valence-electron chi connectivity index (χ3n) is 3.96. The summed E-state index contributed by atoms with van der Waals surface area (Å²) in [6.07, 6.45) is -5.94. The monoisotopic (exact) mass is 341 g/mol. The minimum atomic E-state index is -1.28. The topological polar surface area (TPSA) is 122 Å². The molecule has 0 aliphatic carbocycles. The minimum Gasteiger partial charge on any atom is -0.390 e. The van der Waals surface area contributed by atoms with Crippen molar-refractivity contribution in [3.8, 4) is 0 Å². The van der Waals surface area contributed by atoms with Gasteiger partial charge in [-0.1, -0.05) is 0 Å². The Bertz CT molecular complexity index is 337. The maximum atomic E-state index is 9.96. The smallest absolute Gasteiger partial charge is 0.132 e. The highest BCUT2D eigenvalue weighted by Crippen LogP contribution is 2.31. The average molecular weight is 341 g/mol. The van der Waals surface area contributed by atoms with Gasteiger partial charge in [-0.2, -0.15) is 12.6 Å². The Labute approximate surface area is 133 Å². The van der Waals surface area contributed by atoms with Crippen molar-refractivity contribution in [1.29, 1.82) is 0 Å². The van der Waals surface area contributed by atoms with Crippen molar-refractivity contribution in [3.63, 3.8) is 0 Å². The van der Waals surface area contributed by atoms with Crippen LogP contribution in [0.3, 0.4) is 0 Å². The van der Waals surface area contributed by atoms with Gasteiger partial charge in [-0.25, -0.2) is 0 Å². The van der Waals surface area contributed by atoms with Crippen molar-refractivity contribution in [2.24, 2.45) is 5.92 Å². The summed E-state index contributed by atoms with van der Waals surface area (Å²) in [6, 6.07) is 0. The number of piperidine rings is 1. The molecule has 21 heavy (non-hydrogen) atoms. The predicted octanol–water partition coefficient (Wildman–Crippen LogP) is -2.60. The van der Waals surface area contributed by atoms with Crippen LogP contribution in [0.1, 0.15) is 0 Å². The van der Waals surface area contributed by atoms with Crippen LogP contribution in [0.5, 0.6) is 0 Å². The van der Waals surface area contributed by atoms with Crippen LogP contribution in [0.2, 0.25) is 0 Å². The summed E-state index contributed by atoms with van der Waals surface area (Å²) >= 11 is 5.31. The van der Waals surface area contributed by atoms with E-state index in [4.69, 9.17) is 4.74 Å². The van der Waals surface area contributed by atoms with Crippen LogP contribution in [0.15, 0.2) is 0 Å². The first-order chi connectivity index (χ1) is 9.95. The van der Waals surface area contributed by atoms with Gasteiger partial charge in [0, 0.05) is 30.5 Å². The molecule has 0 spiro atoms. The molecule has 0 radical (unpaired) electrons. The van der Waals surface area contributed by atoms with Crippen LogP contribution in [0.25, 0.3) is 0 Å². The van der Waals surface area contributed by atoms with Gasteiger partial charge in [0.05, 0.1) is 18.3 Å². The highest BCUT2D eigenvalue weighted by molar-refractivity contribution is 7.99. The van der Waals surface area contributed by atoms with Gasteiger partial charge in [0.15, 0.2) is 0 Å². The van der Waals surface area contributed by atoms with Crippen LogP contribution in [0, 0.1) is 5.92 Å². The second-order valence-electron chi connectivity index (χ2n) is 5.51. The zero-order valence-electron chi connectivity index (χ0n) is 11.4. The molecule has 0 aromatic rings. The molecule has 0 unspecified atom stereocenters. The second-order valence-corrected chi connectivity index (χ2v) is 7.00. The Morgan fingerprint density at radius 1 is 1.00 bits per heavy atom. The van der Waals surface area contributed by atoms with Gasteiger partial charge in [-0.15, -0.1) is 11.8 Å². The number of aliphatic hydroxyl groups is 5. The Morgan fingerprint density at radius 2 is 1.71 bits per heavy atom. The largest absolute Gasteiger partial charge is 0.390 e. The fourth-order valence-electron chi connectivity index (χ4n) is 2.55. The summed E-state index contributed by atoms with van der Waals surface area (Å²) in [5, 5.41) is 52.1. The number of hydrogen-bond donors (Lipinski definition) is 7. The van der Waals surface area contributed by atoms with Gasteiger partial charge < -0.3 is 35.6 Å². The van der Waals surface area contributed by atoms with E-state index in [0.717, 1.165) is 0 Å². The molecule has 0 aromatic heterocycles. The molecule has 2 fully saturated rings. The van der Waals surface area contributed by atoms with Crippen LogP contribution in [-0.4, -0.2) is 92.2 Å². The zero-order valence-corrected chi connectivity index (χ0v) is 13.2. The number of β-amino-alcohol motifs (C(OH)–C–C–N with tert-alkyl or cyclic N) is 1. The SMILES string of the molecule is O[C@@H]1[C@H](O)[C@@H](SC[C@H]2CNC[C@@H](O)[C@@H]2O)O[C@H](CS)[C@H]1O. The van der Waals surface area contributed by atoms with Gasteiger partial charge in [0.2, 0.25) is 0 Å². The molecule has 0 amide bonds. The number of nitrogens with one attached hydrogen (secondary N) is 1. The Hall–Kier alpha value is 0.420. The standard InChI is InChI=1S/C12H23NO6S2/c14-6-2-13-1-5(8(6)15)4-21-12-11(18)10(17)9(16)7(3-20)19-12/h5-18,20H,1-4H2/t5-,6-,7-,8-,9-,10+,11+,12-/m1/s1. The number of aliphatic hydroxyl groups excluding tert-OH is 5. The highest BCUT2D eigenvalue weighted by atomic mass is 32.2. The maximum Gasteiger partial charge on any atom is 0.132 e. The second kappa shape index (κ2) is 7.80. The molecule has 0 saturated carbocycles. The number of thiol groups is 1. The molecule has 8 atom stereocenters. The molecule has 2 saturated heterocycles. The molecule has 0 bridgehead atoms. The quantitative estimate of drug-likeness (QED) is 0.278. The van der Waals surface area contributed by atoms with Gasteiger partial charge in [0.25, 0.3) is 0 Å². The van der Waals surface area contributed by atoms with E-state index in [9.17, 15) is 25.5 Å². The lowest BCUT2D eigenvalue weighted by Crippen LogP contribution is -2.57. The van der Waals surface area contributed by atoms with E-state index in [1.165, 1.54) is 11.8 Å². The van der Waals surface area contributed by atoms with Crippen LogP contribution >= 0.6 is 24.4 Å². The lowest BCUT2D eigenvalue weighted by Gasteiger charge is -2.41. The number of hydrogen-bond acceptors (Lipinski definition) is 9. The van der Waals surface area contributed by atoms with Crippen LogP contribution < -0.4 is 5.32 Å². The summed E-state index contributed by atoms with van der Waals surface area (Å²) < 4.78 is 5.55. The van der Waals surface area contributed by atoms with E-state index < -0.39 is 42.1 Å². The van der Waals surface area contributed by atoms with E-state index in [0.29, 0.717) is 18.8 Å². The molecular formula is C12H23NO6S2. The van der Waals surface area contributed by atoms with Crippen molar-refractivity contribution >= 4 is 24.4 Å². The molecule has 2 rings (SSSR count). The Balaban J connectivity index is 1.89. The van der Waals surface area contributed by atoms with E-state index >= 15 is 0 Å². The Kier molecular flexibility index (Phi) is 6.60. The van der Waals surface area contributed by atoms with Gasteiger partial charge >= 0.3 is 0 Å². The van der Waals surface area contributed by atoms with Crippen molar-refractivity contribution < 1.29 is 30.3 Å². The van der Waals surface area contributed by atoms with Gasteiger partial charge in [-0.05, 0) is 0 Å². The molecule has 124 valence electrons. The lowest BCUT2D eigenvalue weighted by molar-refractivity contribution is -0.191. The highest BCUT2D eigenvalue weighted by Gasteiger charge is 2.43. The van der Waals surface area contributed by atoms with Gasteiger partial charge in [-0.3, -0.25) is 0 Å². The lowest BCUT2D eigenvalue weighted by atomic mass is 9.96. The molecular weight excluding hydrogens is 318 g/mol. The summed E-state index contributed by atoms with van der Waals surface area (Å²) in [7, 11) is 0. The summed E-state index contributed by atoms with van der Waals surface area (Å²) in [4.78, 5) is 0. The third kappa shape index (κ3) is 4.04. The van der Waals surface area contributed by atoms with Crippen molar-refractivity contribution in [2.45, 2.75) is 42.1 Å². The summed E-state index contributed by atoms with van der Waals surface area (Å²) in [5.41, 5.74) is -0.702. The third-order valence-corrected chi connectivity index (χ3v) is 5.66. The average Bonchev–Trinajstić information content (AvgIpc) is 2.48. The molecule has 0 aromatic carbocycles. The number of ether oxygens (including phenoxy) is 1. The first-order valence-electron chi connectivity index (χ1n) is 6.94. The van der Waals surface area contributed by atoms with E-state index in [1.54, 1.807) is 0 Å². The van der Waals surface area contributed by atoms with Crippen LogP contribution in [-0.2, 0) is 4.74 Å². The van der Waals surface area contributed by atoms with Crippen molar-refractivity contribution in [2.75, 3.05) is 24.6 Å². The Morgan fingerprint density at radius 3 is 2.38 bits per heavy atom. The molecule has 2 heterocycles. The molecule has 2 aliphatic heterocycles. The summed E-state index contributed by atoms with van der Waals surface area (Å²) in [6.45, 7) is 0.923. The van der Waals surface area contributed by atoms with Crippen LogP contribution in [0.4, 0.5) is 0 Å². The van der Waals surface area contributed by atoms with E-state index in [-0.39, 0.29) is 11.7 Å². The molecule has 7 nitrogen and oxygen atoms in total. The van der Waals surface area contributed by atoms with Crippen molar-refractivity contribution in [1.82, 2.24) is 5.32 Å². The fourth-order valence-corrected chi connectivity index (χ4v) is 4.19. The maximum absolute atomic E-state index is 9.96. The first kappa shape index (κ1) is 17.8. The molecule has 2 aliphatic rings. The van der Waals surface area contributed by atoms with E-state index in [2.05, 4.69) is 17.9 Å². The molecule has 6 N–H and O–H groups in total.